The van der Waals surface area contributed by atoms with Gasteiger partial charge in [0.15, 0.2) is 27.8 Å². The van der Waals surface area contributed by atoms with E-state index in [4.69, 9.17) is 23.7 Å². The first-order chi connectivity index (χ1) is 19.7. The first-order valence-electron chi connectivity index (χ1n) is 12.4. The molecule has 9 nitrogen and oxygen atoms in total. The van der Waals surface area contributed by atoms with Crippen molar-refractivity contribution in [2.75, 3.05) is 34.5 Å². The molecule has 2 aromatic carbocycles. The number of methoxy groups -OCH3 is 3. The lowest BCUT2D eigenvalue weighted by atomic mass is 9.95. The molecule has 1 aliphatic heterocycles. The third-order valence-corrected chi connectivity index (χ3v) is 8.68. The molecule has 2 heterocycles. The van der Waals surface area contributed by atoms with Crippen LogP contribution in [0.1, 0.15) is 31.0 Å². The van der Waals surface area contributed by atoms with Crippen molar-refractivity contribution in [2.24, 2.45) is 4.99 Å². The molecular formula is C29H28BrIN2O7S. The maximum atomic E-state index is 14.0. The fourth-order valence-electron chi connectivity index (χ4n) is 4.42. The zero-order valence-corrected chi connectivity index (χ0v) is 27.6. The van der Waals surface area contributed by atoms with E-state index in [2.05, 4.69) is 50.1 Å². The van der Waals surface area contributed by atoms with Crippen molar-refractivity contribution in [2.45, 2.75) is 19.9 Å². The van der Waals surface area contributed by atoms with Crippen molar-refractivity contribution in [3.8, 4) is 23.0 Å². The van der Waals surface area contributed by atoms with Gasteiger partial charge in [-0.25, -0.2) is 9.79 Å². The van der Waals surface area contributed by atoms with Crippen LogP contribution in [0.4, 0.5) is 0 Å². The Morgan fingerprint density at radius 1 is 1.15 bits per heavy atom. The van der Waals surface area contributed by atoms with Gasteiger partial charge in [-0.15, -0.1) is 0 Å². The molecule has 1 aliphatic rings. The number of allylic oxidation sites excluding steroid dienone is 1. The lowest BCUT2D eigenvalue weighted by Gasteiger charge is -2.26. The Hall–Kier alpha value is -3.10. The van der Waals surface area contributed by atoms with Crippen LogP contribution in [0.3, 0.4) is 0 Å². The van der Waals surface area contributed by atoms with Gasteiger partial charge in [-0.2, -0.15) is 0 Å². The van der Waals surface area contributed by atoms with Crippen LogP contribution < -0.4 is 33.8 Å². The Morgan fingerprint density at radius 2 is 1.83 bits per heavy atom. The Kier molecular flexibility index (Phi) is 9.97. The van der Waals surface area contributed by atoms with E-state index in [1.54, 1.807) is 51.3 Å². The van der Waals surface area contributed by atoms with E-state index in [9.17, 15) is 9.59 Å². The van der Waals surface area contributed by atoms with E-state index >= 15 is 0 Å². The summed E-state index contributed by atoms with van der Waals surface area (Å²) in [5, 5.41) is 0. The van der Waals surface area contributed by atoms with Gasteiger partial charge in [0.2, 0.25) is 0 Å². The number of esters is 1. The molecule has 0 fully saturated rings. The van der Waals surface area contributed by atoms with Crippen LogP contribution >= 0.6 is 49.9 Å². The molecule has 0 spiro atoms. The van der Waals surface area contributed by atoms with E-state index in [0.29, 0.717) is 54.7 Å². The summed E-state index contributed by atoms with van der Waals surface area (Å²) in [6, 6.07) is 6.36. The molecule has 0 aliphatic carbocycles. The molecule has 12 heteroatoms. The number of nitrogens with zero attached hydrogens (tertiary/aromatic N) is 2. The van der Waals surface area contributed by atoms with Crippen LogP contribution in [0.2, 0.25) is 0 Å². The van der Waals surface area contributed by atoms with Crippen molar-refractivity contribution >= 4 is 61.9 Å². The Labute approximate surface area is 263 Å². The van der Waals surface area contributed by atoms with Crippen molar-refractivity contribution in [3.05, 3.63) is 87.0 Å². The van der Waals surface area contributed by atoms with Gasteiger partial charge >= 0.3 is 5.97 Å². The second-order valence-corrected chi connectivity index (χ2v) is 11.7. The normalized spacial score (nSPS) is 14.7. The van der Waals surface area contributed by atoms with Crippen LogP contribution in [0.5, 0.6) is 23.0 Å². The maximum Gasteiger partial charge on any atom is 0.338 e. The minimum atomic E-state index is -0.828. The molecule has 3 aromatic rings. The van der Waals surface area contributed by atoms with Gasteiger partial charge in [0, 0.05) is 4.47 Å². The predicted molar refractivity (Wildman–Crippen MR) is 169 cm³/mol. The SMILES string of the molecule is C=CCOc1c(I)cc(/C=c2\sc3n(c2=O)[C@@H](c2cc(OC)c(OC)cc2Br)C(C(=O)OCC)=C(C)N=3)cc1OC. The summed E-state index contributed by atoms with van der Waals surface area (Å²) in [6.07, 6.45) is 3.43. The summed E-state index contributed by atoms with van der Waals surface area (Å²) in [4.78, 5) is 32.4. The van der Waals surface area contributed by atoms with Gasteiger partial charge in [0.05, 0.1) is 53.4 Å². The van der Waals surface area contributed by atoms with Gasteiger partial charge in [-0.1, -0.05) is 39.9 Å². The summed E-state index contributed by atoms with van der Waals surface area (Å²) in [5.74, 6) is 1.53. The number of carbonyl (C=O) groups excluding carboxylic acids is 1. The van der Waals surface area contributed by atoms with E-state index in [-0.39, 0.29) is 17.7 Å². The number of hydrogen-bond acceptors (Lipinski definition) is 9. The monoisotopic (exact) mass is 754 g/mol. The van der Waals surface area contributed by atoms with Gasteiger partial charge in [0.25, 0.3) is 5.56 Å². The smallest absolute Gasteiger partial charge is 0.338 e. The molecular weight excluding hydrogens is 727 g/mol. The van der Waals surface area contributed by atoms with Gasteiger partial charge < -0.3 is 23.7 Å². The number of halogens is 2. The van der Waals surface area contributed by atoms with E-state index < -0.39 is 12.0 Å². The van der Waals surface area contributed by atoms with Crippen LogP contribution in [0, 0.1) is 3.57 Å². The molecule has 0 radical (unpaired) electrons. The quantitative estimate of drug-likeness (QED) is 0.168. The summed E-state index contributed by atoms with van der Waals surface area (Å²) < 4.78 is 31.1. The zero-order chi connectivity index (χ0) is 29.8. The summed E-state index contributed by atoms with van der Waals surface area (Å²) in [7, 11) is 4.62. The molecule has 41 heavy (non-hydrogen) atoms. The molecule has 1 atom stereocenters. The minimum Gasteiger partial charge on any atom is -0.493 e. The van der Waals surface area contributed by atoms with Gasteiger partial charge in [0.1, 0.15) is 6.61 Å². The number of aromatic nitrogens is 1. The zero-order valence-electron chi connectivity index (χ0n) is 23.1. The Bertz CT molecular complexity index is 1730. The summed E-state index contributed by atoms with van der Waals surface area (Å²) in [6.45, 7) is 7.66. The summed E-state index contributed by atoms with van der Waals surface area (Å²) >= 11 is 7.01. The van der Waals surface area contributed by atoms with E-state index in [1.807, 2.05) is 6.07 Å². The minimum absolute atomic E-state index is 0.173. The highest BCUT2D eigenvalue weighted by molar-refractivity contribution is 14.1. The van der Waals surface area contributed by atoms with Gasteiger partial charge in [-0.05, 0) is 77.9 Å². The fraction of sp³-hybridized carbons (Fsp3) is 0.276. The van der Waals surface area contributed by atoms with E-state index in [1.165, 1.54) is 30.1 Å². The molecule has 4 rings (SSSR count). The standard InChI is InChI=1S/C29H28BrIN2O7S/c1-7-9-40-26-19(31)10-16(11-22(26)38-6)12-23-27(34)33-25(17-13-20(36-4)21(37-5)14-18(17)30)24(28(35)39-8-2)15(3)32-29(33)41-23/h7,10-14,25H,1,8-9H2,2-6H3/b23-12-/t25-/m0/s1. The number of ether oxygens (including phenoxy) is 5. The fourth-order valence-corrected chi connectivity index (χ4v) is 6.79. The predicted octanol–water partition coefficient (Wildman–Crippen LogP) is 4.76. The molecule has 0 amide bonds. The second-order valence-electron chi connectivity index (χ2n) is 8.66. The third kappa shape index (κ3) is 6.09. The molecule has 0 saturated carbocycles. The maximum absolute atomic E-state index is 14.0. The Morgan fingerprint density at radius 3 is 2.46 bits per heavy atom. The van der Waals surface area contributed by atoms with E-state index in [0.717, 1.165) is 9.13 Å². The highest BCUT2D eigenvalue weighted by Crippen LogP contribution is 2.41. The number of thiazole rings is 1. The summed E-state index contributed by atoms with van der Waals surface area (Å²) in [5.41, 5.74) is 1.78. The molecule has 0 saturated heterocycles. The highest BCUT2D eigenvalue weighted by Gasteiger charge is 2.35. The van der Waals surface area contributed by atoms with Crippen LogP contribution in [0.25, 0.3) is 6.08 Å². The lowest BCUT2D eigenvalue weighted by molar-refractivity contribution is -0.139. The highest BCUT2D eigenvalue weighted by atomic mass is 127. The molecule has 0 N–H and O–H groups in total. The number of hydrogen-bond donors (Lipinski definition) is 0. The first-order valence-corrected chi connectivity index (χ1v) is 15.1. The van der Waals surface area contributed by atoms with Crippen molar-refractivity contribution in [1.82, 2.24) is 4.57 Å². The first kappa shape index (κ1) is 30.8. The molecule has 0 unspecified atom stereocenters. The van der Waals surface area contributed by atoms with Crippen LogP contribution in [0.15, 0.2) is 62.5 Å². The largest absolute Gasteiger partial charge is 0.493 e. The number of rotatable bonds is 10. The average Bonchev–Trinajstić information content (AvgIpc) is 3.25. The van der Waals surface area contributed by atoms with Gasteiger partial charge in [-0.3, -0.25) is 9.36 Å². The second kappa shape index (κ2) is 13.3. The number of fused-ring (bicyclic) bond motifs is 1. The van der Waals surface area contributed by atoms with Crippen molar-refractivity contribution in [3.63, 3.8) is 0 Å². The molecule has 216 valence electrons. The lowest BCUT2D eigenvalue weighted by Crippen LogP contribution is -2.40. The van der Waals surface area contributed by atoms with Crippen molar-refractivity contribution < 1.29 is 28.5 Å². The Balaban J connectivity index is 1.96. The van der Waals surface area contributed by atoms with Crippen LogP contribution in [-0.4, -0.2) is 45.1 Å². The van der Waals surface area contributed by atoms with Crippen LogP contribution in [-0.2, 0) is 9.53 Å². The average molecular weight is 755 g/mol. The third-order valence-electron chi connectivity index (χ3n) is 6.21. The number of carbonyl (C=O) groups is 1. The molecule has 0 bridgehead atoms. The van der Waals surface area contributed by atoms with Crippen molar-refractivity contribution in [1.29, 1.82) is 0 Å². The number of benzene rings is 2. The molecule has 1 aromatic heterocycles. The topological polar surface area (TPSA) is 97.6 Å².